The van der Waals surface area contributed by atoms with Crippen LogP contribution in [0.15, 0.2) is 0 Å². The minimum absolute atomic E-state index is 0.0463. The Morgan fingerprint density at radius 3 is 3.00 bits per heavy atom. The van der Waals surface area contributed by atoms with E-state index in [9.17, 15) is 4.79 Å². The molecule has 4 nitrogen and oxygen atoms in total. The summed E-state index contributed by atoms with van der Waals surface area (Å²) >= 11 is 0. The molecule has 1 aliphatic heterocycles. The van der Waals surface area contributed by atoms with Gasteiger partial charge in [-0.05, 0) is 19.4 Å². The summed E-state index contributed by atoms with van der Waals surface area (Å²) in [4.78, 5) is 10.7. The van der Waals surface area contributed by atoms with Gasteiger partial charge in [0.15, 0.2) is 0 Å². The fraction of sp³-hybridized carbons (Fsp3) is 0.800. The lowest BCUT2D eigenvalue weighted by Gasteiger charge is -2.05. The van der Waals surface area contributed by atoms with Crippen LogP contribution in [0.3, 0.4) is 0 Å². The molecule has 0 aromatic carbocycles. The maximum Gasteiger partial charge on any atom is 0.251 e. The summed E-state index contributed by atoms with van der Waals surface area (Å²) in [5.41, 5.74) is 2.11. The molecule has 1 aliphatic rings. The van der Waals surface area contributed by atoms with Crippen LogP contribution in [-0.4, -0.2) is 18.5 Å². The van der Waals surface area contributed by atoms with Gasteiger partial charge in [-0.1, -0.05) is 0 Å². The van der Waals surface area contributed by atoms with Crippen LogP contribution < -0.4 is 16.6 Å². The van der Waals surface area contributed by atoms with Crippen molar-refractivity contribution in [2.24, 2.45) is 5.84 Å². The van der Waals surface area contributed by atoms with Gasteiger partial charge in [-0.15, -0.1) is 0 Å². The third-order valence-electron chi connectivity index (χ3n) is 1.52. The quantitative estimate of drug-likeness (QED) is 0.235. The van der Waals surface area contributed by atoms with Gasteiger partial charge >= 0.3 is 0 Å². The van der Waals surface area contributed by atoms with E-state index in [0.717, 1.165) is 19.4 Å². The number of carbonyl (C=O) groups excluding carboxylic acids is 1. The summed E-state index contributed by atoms with van der Waals surface area (Å²) in [6.45, 7) is 0.929. The molecule has 52 valence electrons. The summed E-state index contributed by atoms with van der Waals surface area (Å²) in [5, 5.41) is 3.02. The van der Waals surface area contributed by atoms with Gasteiger partial charge in [-0.3, -0.25) is 10.2 Å². The average molecular weight is 129 g/mol. The largest absolute Gasteiger partial charge is 0.306 e. The molecule has 1 heterocycles. The van der Waals surface area contributed by atoms with Gasteiger partial charge in [0.05, 0.1) is 6.04 Å². The van der Waals surface area contributed by atoms with Crippen LogP contribution in [0, 0.1) is 0 Å². The Hall–Kier alpha value is -0.610. The Morgan fingerprint density at radius 1 is 1.78 bits per heavy atom. The zero-order chi connectivity index (χ0) is 6.69. The van der Waals surface area contributed by atoms with Crippen molar-refractivity contribution >= 4 is 5.91 Å². The van der Waals surface area contributed by atoms with Gasteiger partial charge in [0.2, 0.25) is 0 Å². The highest BCUT2D eigenvalue weighted by atomic mass is 16.2. The molecule has 1 atom stereocenters. The molecule has 0 bridgehead atoms. The van der Waals surface area contributed by atoms with Crippen molar-refractivity contribution < 1.29 is 4.79 Å². The van der Waals surface area contributed by atoms with Crippen molar-refractivity contribution in [3.05, 3.63) is 0 Å². The lowest BCUT2D eigenvalue weighted by atomic mass is 10.2. The van der Waals surface area contributed by atoms with E-state index < -0.39 is 0 Å². The third-order valence-corrected chi connectivity index (χ3v) is 1.52. The number of carbonyl (C=O) groups is 1. The van der Waals surface area contributed by atoms with Crippen molar-refractivity contribution in [1.82, 2.24) is 10.7 Å². The molecular formula is C5H11N3O. The summed E-state index contributed by atoms with van der Waals surface area (Å²) in [6.07, 6.45) is 1.97. The van der Waals surface area contributed by atoms with Crippen LogP contribution in [0.4, 0.5) is 0 Å². The molecule has 0 aromatic heterocycles. The number of nitrogens with two attached hydrogens (primary N) is 1. The van der Waals surface area contributed by atoms with Crippen LogP contribution in [-0.2, 0) is 4.79 Å². The fourth-order valence-corrected chi connectivity index (χ4v) is 1.01. The predicted molar refractivity (Wildman–Crippen MR) is 33.4 cm³/mol. The number of hydrogen-bond acceptors (Lipinski definition) is 3. The summed E-state index contributed by atoms with van der Waals surface area (Å²) in [6, 6.07) is -0.0463. The molecular weight excluding hydrogens is 118 g/mol. The third kappa shape index (κ3) is 1.40. The van der Waals surface area contributed by atoms with Crippen LogP contribution in [0.25, 0.3) is 0 Å². The minimum Gasteiger partial charge on any atom is -0.306 e. The Balaban J connectivity index is 2.32. The number of rotatable bonds is 1. The smallest absolute Gasteiger partial charge is 0.251 e. The summed E-state index contributed by atoms with van der Waals surface area (Å²) < 4.78 is 0. The van der Waals surface area contributed by atoms with Crippen molar-refractivity contribution in [1.29, 1.82) is 0 Å². The van der Waals surface area contributed by atoms with E-state index in [0.29, 0.717) is 0 Å². The van der Waals surface area contributed by atoms with E-state index in [2.05, 4.69) is 10.7 Å². The topological polar surface area (TPSA) is 67.1 Å². The minimum atomic E-state index is -0.104. The van der Waals surface area contributed by atoms with Crippen molar-refractivity contribution in [2.75, 3.05) is 6.54 Å². The summed E-state index contributed by atoms with van der Waals surface area (Å²) in [7, 11) is 0. The lowest BCUT2D eigenvalue weighted by Crippen LogP contribution is -2.43. The molecule has 9 heavy (non-hydrogen) atoms. The molecule has 0 unspecified atom stereocenters. The zero-order valence-corrected chi connectivity index (χ0v) is 5.18. The molecule has 0 aliphatic carbocycles. The van der Waals surface area contributed by atoms with Gasteiger partial charge in [0.25, 0.3) is 5.91 Å². The molecule has 0 radical (unpaired) electrons. The number of amides is 1. The number of nitrogens with one attached hydrogen (secondary N) is 2. The van der Waals surface area contributed by atoms with Gasteiger partial charge in [-0.2, -0.15) is 0 Å². The second-order valence-corrected chi connectivity index (χ2v) is 2.16. The van der Waals surface area contributed by atoms with Crippen molar-refractivity contribution in [3.8, 4) is 0 Å². The first kappa shape index (κ1) is 6.51. The Kier molecular flexibility index (Phi) is 2.02. The normalized spacial score (nSPS) is 26.1. The van der Waals surface area contributed by atoms with E-state index in [1.807, 2.05) is 0 Å². The maximum atomic E-state index is 10.7. The molecule has 1 amide bonds. The second kappa shape index (κ2) is 2.80. The Morgan fingerprint density at radius 2 is 2.56 bits per heavy atom. The lowest BCUT2D eigenvalue weighted by molar-refractivity contribution is -0.122. The van der Waals surface area contributed by atoms with Gasteiger partial charge in [0.1, 0.15) is 0 Å². The van der Waals surface area contributed by atoms with E-state index in [4.69, 9.17) is 5.84 Å². The fourth-order valence-electron chi connectivity index (χ4n) is 1.01. The molecule has 0 aromatic rings. The van der Waals surface area contributed by atoms with E-state index in [-0.39, 0.29) is 11.9 Å². The van der Waals surface area contributed by atoms with Crippen LogP contribution in [0.2, 0.25) is 0 Å². The molecule has 4 heteroatoms. The van der Waals surface area contributed by atoms with Crippen molar-refractivity contribution in [2.45, 2.75) is 18.9 Å². The molecule has 1 rings (SSSR count). The first-order chi connectivity index (χ1) is 4.34. The second-order valence-electron chi connectivity index (χ2n) is 2.16. The van der Waals surface area contributed by atoms with Gasteiger partial charge < -0.3 is 5.32 Å². The highest BCUT2D eigenvalue weighted by Gasteiger charge is 2.20. The highest BCUT2D eigenvalue weighted by molar-refractivity contribution is 5.81. The standard InChI is InChI=1S/C5H11N3O/c6-8-5(9)4-2-1-3-7-4/h4,7H,1-3,6H2,(H,8,9)/t4-/m1/s1. The Labute approximate surface area is 53.8 Å². The maximum absolute atomic E-state index is 10.7. The molecule has 4 N–H and O–H groups in total. The monoisotopic (exact) mass is 129 g/mol. The van der Waals surface area contributed by atoms with Crippen LogP contribution in [0.5, 0.6) is 0 Å². The molecule has 0 saturated carbocycles. The predicted octanol–water partition coefficient (Wildman–Crippen LogP) is -1.27. The van der Waals surface area contributed by atoms with Gasteiger partial charge in [0, 0.05) is 0 Å². The van der Waals surface area contributed by atoms with Crippen LogP contribution in [0.1, 0.15) is 12.8 Å². The van der Waals surface area contributed by atoms with Crippen molar-refractivity contribution in [3.63, 3.8) is 0 Å². The summed E-state index contributed by atoms with van der Waals surface area (Å²) in [5.74, 6) is 4.81. The highest BCUT2D eigenvalue weighted by Crippen LogP contribution is 2.03. The van der Waals surface area contributed by atoms with Gasteiger partial charge in [-0.25, -0.2) is 5.84 Å². The van der Waals surface area contributed by atoms with E-state index in [1.165, 1.54) is 0 Å². The number of hydrogen-bond donors (Lipinski definition) is 3. The molecule has 1 saturated heterocycles. The molecule has 1 fully saturated rings. The first-order valence-corrected chi connectivity index (χ1v) is 3.08. The first-order valence-electron chi connectivity index (χ1n) is 3.08. The Bertz CT molecular complexity index is 109. The SMILES string of the molecule is NNC(=O)[C@H]1CCCN1. The zero-order valence-electron chi connectivity index (χ0n) is 5.18. The van der Waals surface area contributed by atoms with E-state index in [1.54, 1.807) is 0 Å². The average Bonchev–Trinajstić information content (AvgIpc) is 2.37. The van der Waals surface area contributed by atoms with Crippen LogP contribution >= 0.6 is 0 Å². The molecule has 0 spiro atoms. The number of hydrazine groups is 1. The van der Waals surface area contributed by atoms with E-state index >= 15 is 0 Å².